The molecule has 0 saturated heterocycles. The van der Waals surface area contributed by atoms with Gasteiger partial charge in [0, 0.05) is 22.2 Å². The van der Waals surface area contributed by atoms with E-state index in [0.717, 1.165) is 0 Å². The smallest absolute Gasteiger partial charge is 0.0306 e. The first-order chi connectivity index (χ1) is 6.66. The number of hydrogen-bond acceptors (Lipinski definition) is 2. The quantitative estimate of drug-likeness (QED) is 0.774. The lowest BCUT2D eigenvalue weighted by molar-refractivity contribution is 0.126. The standard InChI is InChI=1S/C14H32N2/c1-11(2,3)15-13(7,8)14(9,10)16-12(4,5)6/h15-16H,1-10H3. The van der Waals surface area contributed by atoms with Crippen LogP contribution in [0.1, 0.15) is 69.2 Å². The zero-order chi connectivity index (χ0) is 13.4. The Kier molecular flexibility index (Phi) is 4.28. The highest BCUT2D eigenvalue weighted by Gasteiger charge is 2.40. The molecule has 2 N–H and O–H groups in total. The normalized spacial score (nSPS) is 15.4. The van der Waals surface area contributed by atoms with Crippen molar-refractivity contribution in [1.29, 1.82) is 0 Å². The lowest BCUT2D eigenvalue weighted by Crippen LogP contribution is -2.69. The second kappa shape index (κ2) is 4.30. The molecule has 0 aromatic rings. The van der Waals surface area contributed by atoms with Crippen molar-refractivity contribution < 1.29 is 0 Å². The Morgan fingerprint density at radius 1 is 0.438 bits per heavy atom. The second-order valence-electron chi connectivity index (χ2n) is 8.00. The Morgan fingerprint density at radius 2 is 0.625 bits per heavy atom. The van der Waals surface area contributed by atoms with Crippen LogP contribution in [-0.2, 0) is 0 Å². The van der Waals surface area contributed by atoms with E-state index in [0.29, 0.717) is 0 Å². The molecule has 0 saturated carbocycles. The van der Waals surface area contributed by atoms with E-state index < -0.39 is 0 Å². The molecule has 16 heavy (non-hydrogen) atoms. The summed E-state index contributed by atoms with van der Waals surface area (Å²) in [6, 6.07) is 0. The van der Waals surface area contributed by atoms with E-state index in [1.807, 2.05) is 0 Å². The summed E-state index contributed by atoms with van der Waals surface area (Å²) >= 11 is 0. The SMILES string of the molecule is CC(C)(C)NC(C)(C)C(C)(C)NC(C)(C)C. The van der Waals surface area contributed by atoms with Crippen molar-refractivity contribution in [2.24, 2.45) is 0 Å². The highest BCUT2D eigenvalue weighted by molar-refractivity contribution is 5.04. The van der Waals surface area contributed by atoms with Crippen molar-refractivity contribution in [1.82, 2.24) is 10.6 Å². The number of nitrogens with one attached hydrogen (secondary N) is 2. The van der Waals surface area contributed by atoms with Crippen molar-refractivity contribution in [2.75, 3.05) is 0 Å². The fraction of sp³-hybridized carbons (Fsp3) is 1.00. The maximum atomic E-state index is 3.70. The average Bonchev–Trinajstić information content (AvgIpc) is 1.72. The largest absolute Gasteiger partial charge is 0.305 e. The molecule has 0 bridgehead atoms. The fourth-order valence-corrected chi connectivity index (χ4v) is 2.19. The molecule has 2 nitrogen and oxygen atoms in total. The van der Waals surface area contributed by atoms with Crippen molar-refractivity contribution in [3.05, 3.63) is 0 Å². The fourth-order valence-electron chi connectivity index (χ4n) is 2.19. The summed E-state index contributed by atoms with van der Waals surface area (Å²) in [4.78, 5) is 0. The minimum absolute atomic E-state index is 0.0263. The van der Waals surface area contributed by atoms with E-state index in [1.165, 1.54) is 0 Å². The van der Waals surface area contributed by atoms with Gasteiger partial charge in [-0.05, 0) is 69.2 Å². The molecule has 98 valence electrons. The van der Waals surface area contributed by atoms with Crippen LogP contribution in [-0.4, -0.2) is 22.2 Å². The molecule has 0 amide bonds. The lowest BCUT2D eigenvalue weighted by Gasteiger charge is -2.49. The van der Waals surface area contributed by atoms with Gasteiger partial charge in [-0.25, -0.2) is 0 Å². The Balaban J connectivity index is 4.85. The minimum Gasteiger partial charge on any atom is -0.305 e. The van der Waals surface area contributed by atoms with Crippen LogP contribution in [0.4, 0.5) is 0 Å². The van der Waals surface area contributed by atoms with Crippen LogP contribution in [0.15, 0.2) is 0 Å². The van der Waals surface area contributed by atoms with Crippen LogP contribution in [0.3, 0.4) is 0 Å². The van der Waals surface area contributed by atoms with Gasteiger partial charge in [0.15, 0.2) is 0 Å². The van der Waals surface area contributed by atoms with E-state index in [-0.39, 0.29) is 22.2 Å². The predicted octanol–water partition coefficient (Wildman–Crippen LogP) is 3.32. The second-order valence-corrected chi connectivity index (χ2v) is 8.00. The number of hydrogen-bond donors (Lipinski definition) is 2. The maximum Gasteiger partial charge on any atom is 0.0306 e. The molecule has 2 heteroatoms. The van der Waals surface area contributed by atoms with Crippen molar-refractivity contribution in [2.45, 2.75) is 91.4 Å². The summed E-state index contributed by atoms with van der Waals surface area (Å²) in [5.41, 5.74) is 0.303. The van der Waals surface area contributed by atoms with Crippen molar-refractivity contribution >= 4 is 0 Å². The summed E-state index contributed by atoms with van der Waals surface area (Å²) in [5.74, 6) is 0. The molecule has 0 fully saturated rings. The molecule has 0 unspecified atom stereocenters. The molecule has 0 aliphatic rings. The van der Waals surface area contributed by atoms with Gasteiger partial charge < -0.3 is 10.6 Å². The Morgan fingerprint density at radius 3 is 0.750 bits per heavy atom. The zero-order valence-corrected chi connectivity index (χ0v) is 13.0. The molecule has 0 spiro atoms. The van der Waals surface area contributed by atoms with Gasteiger partial charge in [0.25, 0.3) is 0 Å². The summed E-state index contributed by atoms with van der Waals surface area (Å²) < 4.78 is 0. The van der Waals surface area contributed by atoms with E-state index in [2.05, 4.69) is 79.9 Å². The summed E-state index contributed by atoms with van der Waals surface area (Å²) in [6.45, 7) is 22.3. The van der Waals surface area contributed by atoms with E-state index in [9.17, 15) is 0 Å². The number of rotatable bonds is 3. The Hall–Kier alpha value is -0.0800. The van der Waals surface area contributed by atoms with Gasteiger partial charge in [-0.2, -0.15) is 0 Å². The van der Waals surface area contributed by atoms with Gasteiger partial charge >= 0.3 is 0 Å². The van der Waals surface area contributed by atoms with Gasteiger partial charge in [-0.3, -0.25) is 0 Å². The van der Waals surface area contributed by atoms with Crippen LogP contribution in [0.25, 0.3) is 0 Å². The minimum atomic E-state index is 0.0263. The van der Waals surface area contributed by atoms with E-state index >= 15 is 0 Å². The summed E-state index contributed by atoms with van der Waals surface area (Å²) in [5, 5.41) is 7.39. The van der Waals surface area contributed by atoms with Crippen LogP contribution in [0.2, 0.25) is 0 Å². The van der Waals surface area contributed by atoms with Crippen LogP contribution in [0.5, 0.6) is 0 Å². The Bertz CT molecular complexity index is 200. The van der Waals surface area contributed by atoms with E-state index in [1.54, 1.807) is 0 Å². The molecule has 0 aliphatic carbocycles. The molecule has 0 aromatic carbocycles. The monoisotopic (exact) mass is 228 g/mol. The van der Waals surface area contributed by atoms with Gasteiger partial charge in [-0.1, -0.05) is 0 Å². The first-order valence-corrected chi connectivity index (χ1v) is 6.25. The summed E-state index contributed by atoms with van der Waals surface area (Å²) in [6.07, 6.45) is 0. The van der Waals surface area contributed by atoms with Crippen LogP contribution < -0.4 is 10.6 Å². The third kappa shape index (κ3) is 5.31. The highest BCUT2D eigenvalue weighted by Crippen LogP contribution is 2.26. The summed E-state index contributed by atoms with van der Waals surface area (Å²) in [7, 11) is 0. The molecular formula is C14H32N2. The first kappa shape index (κ1) is 15.9. The molecule has 0 heterocycles. The molecule has 0 rings (SSSR count). The molecule has 0 atom stereocenters. The van der Waals surface area contributed by atoms with Gasteiger partial charge in [0.05, 0.1) is 0 Å². The predicted molar refractivity (Wildman–Crippen MR) is 73.9 cm³/mol. The highest BCUT2D eigenvalue weighted by atomic mass is 15.1. The van der Waals surface area contributed by atoms with Crippen molar-refractivity contribution in [3.8, 4) is 0 Å². The van der Waals surface area contributed by atoms with Gasteiger partial charge in [-0.15, -0.1) is 0 Å². The molecular weight excluding hydrogens is 196 g/mol. The van der Waals surface area contributed by atoms with Gasteiger partial charge in [0.1, 0.15) is 0 Å². The topological polar surface area (TPSA) is 24.1 Å². The third-order valence-electron chi connectivity index (χ3n) is 2.94. The van der Waals surface area contributed by atoms with Crippen molar-refractivity contribution in [3.63, 3.8) is 0 Å². The van der Waals surface area contributed by atoms with Gasteiger partial charge in [0.2, 0.25) is 0 Å². The third-order valence-corrected chi connectivity index (χ3v) is 2.94. The van der Waals surface area contributed by atoms with Crippen LogP contribution in [0, 0.1) is 0 Å². The first-order valence-electron chi connectivity index (χ1n) is 6.25. The molecule has 0 aliphatic heterocycles. The molecule has 0 aromatic heterocycles. The lowest BCUT2D eigenvalue weighted by atomic mass is 9.79. The zero-order valence-electron chi connectivity index (χ0n) is 13.0. The maximum absolute atomic E-state index is 3.70. The Labute approximate surface area is 103 Å². The van der Waals surface area contributed by atoms with Crippen LogP contribution >= 0.6 is 0 Å². The average molecular weight is 228 g/mol. The molecule has 0 radical (unpaired) electrons. The van der Waals surface area contributed by atoms with E-state index in [4.69, 9.17) is 0 Å².